The van der Waals surface area contributed by atoms with Crippen molar-refractivity contribution in [3.63, 3.8) is 0 Å². The highest BCUT2D eigenvalue weighted by molar-refractivity contribution is 5.87. The van der Waals surface area contributed by atoms with Crippen molar-refractivity contribution in [3.8, 4) is 17.1 Å². The van der Waals surface area contributed by atoms with Gasteiger partial charge in [-0.1, -0.05) is 18.7 Å². The number of aromatic nitrogens is 3. The predicted octanol–water partition coefficient (Wildman–Crippen LogP) is 5.25. The molecule has 2 aliphatic heterocycles. The molecule has 0 saturated carbocycles. The first-order valence-corrected chi connectivity index (χ1v) is 14.7. The van der Waals surface area contributed by atoms with E-state index >= 15 is 4.39 Å². The second kappa shape index (κ2) is 11.4. The topological polar surface area (TPSA) is 101 Å². The van der Waals surface area contributed by atoms with E-state index < -0.39 is 11.5 Å². The number of carbonyl (C=O) groups is 2. The van der Waals surface area contributed by atoms with E-state index in [4.69, 9.17) is 5.73 Å². The molecular weight excluding hydrogens is 564 g/mol. The van der Waals surface area contributed by atoms with Crippen LogP contribution in [0, 0.1) is 5.82 Å². The molecule has 3 amide bonds. The van der Waals surface area contributed by atoms with Crippen molar-refractivity contribution in [2.24, 2.45) is 0 Å². The molecular formula is C33H35F2N7O2. The van der Waals surface area contributed by atoms with Crippen LogP contribution in [0.1, 0.15) is 37.3 Å². The Kier molecular flexibility index (Phi) is 7.56. The van der Waals surface area contributed by atoms with Crippen LogP contribution in [0.4, 0.5) is 19.4 Å². The number of rotatable bonds is 5. The Morgan fingerprint density at radius 1 is 1.02 bits per heavy atom. The van der Waals surface area contributed by atoms with Crippen molar-refractivity contribution in [2.45, 2.75) is 31.9 Å². The highest BCUT2D eigenvalue weighted by atomic mass is 19.1. The number of hydrogen-bond donors (Lipinski definition) is 1. The van der Waals surface area contributed by atoms with Gasteiger partial charge in [0.25, 0.3) is 0 Å². The van der Waals surface area contributed by atoms with E-state index in [1.54, 1.807) is 38.8 Å². The van der Waals surface area contributed by atoms with Gasteiger partial charge in [-0.3, -0.25) is 9.36 Å². The second-order valence-electron chi connectivity index (χ2n) is 11.8. The number of imidazole rings is 1. The van der Waals surface area contributed by atoms with E-state index in [-0.39, 0.29) is 34.8 Å². The highest BCUT2D eigenvalue weighted by Gasteiger charge is 2.32. The van der Waals surface area contributed by atoms with Gasteiger partial charge in [0.2, 0.25) is 5.91 Å². The Morgan fingerprint density at radius 3 is 2.39 bits per heavy atom. The predicted molar refractivity (Wildman–Crippen MR) is 165 cm³/mol. The zero-order chi connectivity index (χ0) is 31.2. The van der Waals surface area contributed by atoms with Crippen LogP contribution in [0.2, 0.25) is 0 Å². The molecule has 0 bridgehead atoms. The summed E-state index contributed by atoms with van der Waals surface area (Å²) in [4.78, 5) is 39.3. The smallest absolute Gasteiger partial charge is 0.320 e. The van der Waals surface area contributed by atoms with Gasteiger partial charge < -0.3 is 20.4 Å². The fourth-order valence-corrected chi connectivity index (χ4v) is 6.08. The lowest BCUT2D eigenvalue weighted by molar-refractivity contribution is -0.127. The van der Waals surface area contributed by atoms with E-state index in [1.807, 2.05) is 29.2 Å². The van der Waals surface area contributed by atoms with Gasteiger partial charge in [0.05, 0.1) is 11.1 Å². The molecule has 2 fully saturated rings. The molecule has 2 aromatic carbocycles. The fourth-order valence-electron chi connectivity index (χ4n) is 6.08. The average molecular weight is 600 g/mol. The van der Waals surface area contributed by atoms with Gasteiger partial charge >= 0.3 is 6.03 Å². The van der Waals surface area contributed by atoms with Crippen LogP contribution in [0.15, 0.2) is 67.4 Å². The summed E-state index contributed by atoms with van der Waals surface area (Å²) in [6.45, 7) is 9.56. The number of likely N-dealkylation sites (tertiary alicyclic amines) is 1. The van der Waals surface area contributed by atoms with E-state index in [0.717, 1.165) is 12.0 Å². The maximum atomic E-state index is 15.3. The monoisotopic (exact) mass is 599 g/mol. The Hall–Kier alpha value is -4.80. The molecule has 0 radical (unpaired) electrons. The summed E-state index contributed by atoms with van der Waals surface area (Å²) < 4.78 is 32.1. The minimum atomic E-state index is -1.76. The molecule has 11 heteroatoms. The van der Waals surface area contributed by atoms with Gasteiger partial charge in [-0.2, -0.15) is 0 Å². The maximum absolute atomic E-state index is 15.3. The first-order chi connectivity index (χ1) is 21.0. The molecule has 2 aliphatic rings. The lowest BCUT2D eigenvalue weighted by Crippen LogP contribution is -2.53. The highest BCUT2D eigenvalue weighted by Crippen LogP contribution is 2.36. The van der Waals surface area contributed by atoms with Gasteiger partial charge in [0.1, 0.15) is 22.8 Å². The number of urea groups is 1. The van der Waals surface area contributed by atoms with Gasteiger partial charge in [-0.05, 0) is 73.9 Å². The van der Waals surface area contributed by atoms with Crippen LogP contribution in [-0.4, -0.2) is 80.4 Å². The van der Waals surface area contributed by atoms with E-state index in [0.29, 0.717) is 61.9 Å². The lowest BCUT2D eigenvalue weighted by Gasteiger charge is -2.36. The average Bonchev–Trinajstić information content (AvgIpc) is 3.66. The van der Waals surface area contributed by atoms with Crippen LogP contribution >= 0.6 is 0 Å². The molecule has 2 aromatic heterocycles. The van der Waals surface area contributed by atoms with Crippen LogP contribution in [0.25, 0.3) is 28.1 Å². The first-order valence-electron chi connectivity index (χ1n) is 14.7. The Labute approximate surface area is 254 Å². The van der Waals surface area contributed by atoms with Crippen molar-refractivity contribution in [2.75, 3.05) is 45.0 Å². The third-order valence-electron chi connectivity index (χ3n) is 8.60. The van der Waals surface area contributed by atoms with E-state index in [2.05, 4.69) is 16.5 Å². The Bertz CT molecular complexity index is 1740. The summed E-state index contributed by atoms with van der Waals surface area (Å²) in [5.74, 6) is 0.0706. The molecule has 4 heterocycles. The van der Waals surface area contributed by atoms with E-state index in [9.17, 15) is 14.0 Å². The summed E-state index contributed by atoms with van der Waals surface area (Å²) in [6.07, 6.45) is 3.70. The quantitative estimate of drug-likeness (QED) is 0.316. The molecule has 9 nitrogen and oxygen atoms in total. The Morgan fingerprint density at radius 2 is 1.73 bits per heavy atom. The zero-order valence-corrected chi connectivity index (χ0v) is 24.8. The van der Waals surface area contributed by atoms with Crippen LogP contribution in [0.5, 0.6) is 0 Å². The zero-order valence-electron chi connectivity index (χ0n) is 24.8. The molecule has 44 heavy (non-hydrogen) atoms. The van der Waals surface area contributed by atoms with Crippen molar-refractivity contribution in [1.29, 1.82) is 0 Å². The molecule has 2 N–H and O–H groups in total. The van der Waals surface area contributed by atoms with Gasteiger partial charge in [0, 0.05) is 57.1 Å². The van der Waals surface area contributed by atoms with Gasteiger partial charge in [0.15, 0.2) is 5.82 Å². The minimum Gasteiger partial charge on any atom is -0.383 e. The third kappa shape index (κ3) is 5.38. The lowest BCUT2D eigenvalue weighted by atomic mass is 9.98. The number of fused-ring (bicyclic) bond motifs is 1. The number of nitrogens with zero attached hydrogens (tertiary/aromatic N) is 6. The van der Waals surface area contributed by atoms with Crippen LogP contribution in [-0.2, 0) is 10.5 Å². The number of anilines is 1. The maximum Gasteiger partial charge on any atom is 0.320 e. The third-order valence-corrected chi connectivity index (χ3v) is 8.60. The van der Waals surface area contributed by atoms with Crippen LogP contribution < -0.4 is 5.73 Å². The summed E-state index contributed by atoms with van der Waals surface area (Å²) in [5, 5.41) is 0. The number of carbonyl (C=O) groups excluding carboxylic acids is 2. The second-order valence-corrected chi connectivity index (χ2v) is 11.8. The SMILES string of the molecule is C=CC(=O)N1CCN(C(=O)N2CC[C@H](c3ccc(-n4c(-c5cccnc5N)nc5c(F)cc(C(C)(C)F)cc54)cc3)C2)CC1. The number of halogens is 2. The molecule has 228 valence electrons. The molecule has 4 aromatic rings. The summed E-state index contributed by atoms with van der Waals surface area (Å²) >= 11 is 0. The molecule has 0 aliphatic carbocycles. The van der Waals surface area contributed by atoms with Crippen molar-refractivity contribution in [3.05, 3.63) is 84.3 Å². The largest absolute Gasteiger partial charge is 0.383 e. The van der Waals surface area contributed by atoms with Gasteiger partial charge in [-0.15, -0.1) is 0 Å². The molecule has 2 saturated heterocycles. The van der Waals surface area contributed by atoms with E-state index in [1.165, 1.54) is 26.0 Å². The number of hydrogen-bond acceptors (Lipinski definition) is 5. The molecule has 6 rings (SSSR count). The number of nitrogen functional groups attached to an aromatic ring is 1. The van der Waals surface area contributed by atoms with Crippen molar-refractivity contribution in [1.82, 2.24) is 29.2 Å². The summed E-state index contributed by atoms with van der Waals surface area (Å²) in [6, 6.07) is 14.2. The van der Waals surface area contributed by atoms with Crippen LogP contribution in [0.3, 0.4) is 0 Å². The number of pyridine rings is 1. The number of piperazine rings is 1. The van der Waals surface area contributed by atoms with Gasteiger partial charge in [-0.25, -0.2) is 23.5 Å². The molecule has 0 unspecified atom stereocenters. The molecule has 1 atom stereocenters. The standard InChI is InChI=1S/C33H35F2N7O2/c1-4-28(43)39-14-16-40(17-15-39)32(44)41-13-11-22(20-41)21-7-9-24(10-8-21)42-27-19-23(33(2,3)35)18-26(34)29(27)38-31(42)25-6-5-12-37-30(25)36/h4-10,12,18-19,22H,1,11,13-17,20H2,2-3H3,(H2,36,37)/t22-/m0/s1. The van der Waals surface area contributed by atoms with Crippen molar-refractivity contribution >= 4 is 28.8 Å². The minimum absolute atomic E-state index is 0.00738. The summed E-state index contributed by atoms with van der Waals surface area (Å²) in [7, 11) is 0. The number of nitrogens with two attached hydrogens (primary N) is 1. The van der Waals surface area contributed by atoms with Crippen molar-refractivity contribution < 1.29 is 18.4 Å². The molecule has 0 spiro atoms. The number of alkyl halides is 1. The Balaban J connectivity index is 1.27. The summed E-state index contributed by atoms with van der Waals surface area (Å²) in [5.41, 5.74) is 7.51. The first kappa shape index (κ1) is 29.3. The number of benzene rings is 2. The fraction of sp³-hybridized carbons (Fsp3) is 0.333. The normalized spacial score (nSPS) is 17.4. The number of amides is 3.